The fourth-order valence-corrected chi connectivity index (χ4v) is 4.53. The standard InChI is InChI=1S/C14H21N3O2S/c18-20(19,14-5-6-14)17-9-3-8-16(10-11-17)12-13-4-1-2-7-15-13/h1-2,4,7,14H,3,5-6,8-12H2. The normalized spacial score (nSPS) is 22.6. The van der Waals surface area contributed by atoms with E-state index in [0.29, 0.717) is 13.1 Å². The van der Waals surface area contributed by atoms with Crippen molar-refractivity contribution in [2.45, 2.75) is 31.1 Å². The van der Waals surface area contributed by atoms with E-state index in [1.165, 1.54) is 0 Å². The number of pyridine rings is 1. The third kappa shape index (κ3) is 3.19. The Morgan fingerprint density at radius 2 is 2.00 bits per heavy atom. The molecule has 1 saturated carbocycles. The molecule has 0 N–H and O–H groups in total. The Morgan fingerprint density at radius 1 is 1.15 bits per heavy atom. The Morgan fingerprint density at radius 3 is 2.70 bits per heavy atom. The van der Waals surface area contributed by atoms with Gasteiger partial charge in [0, 0.05) is 32.4 Å². The van der Waals surface area contributed by atoms with Crippen LogP contribution in [0.3, 0.4) is 0 Å². The van der Waals surface area contributed by atoms with Crippen LogP contribution in [0.2, 0.25) is 0 Å². The molecule has 20 heavy (non-hydrogen) atoms. The summed E-state index contributed by atoms with van der Waals surface area (Å²) in [6.07, 6.45) is 4.39. The van der Waals surface area contributed by atoms with Crippen molar-refractivity contribution in [1.29, 1.82) is 0 Å². The zero-order chi connectivity index (χ0) is 14.0. The molecule has 5 nitrogen and oxygen atoms in total. The molecule has 0 aromatic carbocycles. The molecule has 1 aromatic heterocycles. The predicted molar refractivity (Wildman–Crippen MR) is 77.6 cm³/mol. The summed E-state index contributed by atoms with van der Waals surface area (Å²) in [5.74, 6) is 0. The monoisotopic (exact) mass is 295 g/mol. The summed E-state index contributed by atoms with van der Waals surface area (Å²) < 4.78 is 26.2. The first-order valence-corrected chi connectivity index (χ1v) is 8.78. The second-order valence-electron chi connectivity index (χ2n) is 5.59. The lowest BCUT2D eigenvalue weighted by Gasteiger charge is -2.21. The van der Waals surface area contributed by atoms with Gasteiger partial charge < -0.3 is 0 Å². The van der Waals surface area contributed by atoms with Gasteiger partial charge in [-0.05, 0) is 37.9 Å². The molecule has 0 unspecified atom stereocenters. The summed E-state index contributed by atoms with van der Waals surface area (Å²) in [5, 5.41) is -0.0927. The van der Waals surface area contributed by atoms with Crippen LogP contribution >= 0.6 is 0 Å². The van der Waals surface area contributed by atoms with Gasteiger partial charge in [0.2, 0.25) is 10.0 Å². The van der Waals surface area contributed by atoms with Crippen molar-refractivity contribution in [2.75, 3.05) is 26.2 Å². The summed E-state index contributed by atoms with van der Waals surface area (Å²) in [6, 6.07) is 5.92. The van der Waals surface area contributed by atoms with Crippen LogP contribution in [0, 0.1) is 0 Å². The van der Waals surface area contributed by atoms with Crippen molar-refractivity contribution in [3.8, 4) is 0 Å². The van der Waals surface area contributed by atoms with Crippen LogP contribution in [-0.2, 0) is 16.6 Å². The topological polar surface area (TPSA) is 53.5 Å². The average molecular weight is 295 g/mol. The van der Waals surface area contributed by atoms with E-state index in [9.17, 15) is 8.42 Å². The SMILES string of the molecule is O=S(=O)(C1CC1)N1CCCN(Cc2ccccn2)CC1. The second-order valence-corrected chi connectivity index (χ2v) is 7.81. The molecular weight excluding hydrogens is 274 g/mol. The summed E-state index contributed by atoms with van der Waals surface area (Å²) in [6.45, 7) is 3.82. The van der Waals surface area contributed by atoms with E-state index in [0.717, 1.165) is 44.6 Å². The minimum absolute atomic E-state index is 0.0927. The molecule has 1 saturated heterocycles. The highest BCUT2D eigenvalue weighted by atomic mass is 32.2. The zero-order valence-electron chi connectivity index (χ0n) is 11.6. The van der Waals surface area contributed by atoms with Gasteiger partial charge in [0.15, 0.2) is 0 Å². The van der Waals surface area contributed by atoms with E-state index in [2.05, 4.69) is 9.88 Å². The maximum atomic E-state index is 12.3. The summed E-state index contributed by atoms with van der Waals surface area (Å²) in [7, 11) is -3.02. The largest absolute Gasteiger partial charge is 0.296 e. The molecule has 0 atom stereocenters. The molecule has 2 heterocycles. The molecule has 1 aromatic rings. The third-order valence-electron chi connectivity index (χ3n) is 3.96. The highest BCUT2D eigenvalue weighted by Gasteiger charge is 2.40. The molecule has 1 aliphatic carbocycles. The van der Waals surface area contributed by atoms with Gasteiger partial charge in [-0.2, -0.15) is 0 Å². The fraction of sp³-hybridized carbons (Fsp3) is 0.643. The van der Waals surface area contributed by atoms with Gasteiger partial charge in [-0.1, -0.05) is 6.07 Å². The van der Waals surface area contributed by atoms with Crippen molar-refractivity contribution < 1.29 is 8.42 Å². The third-order valence-corrected chi connectivity index (χ3v) is 6.36. The Kier molecular flexibility index (Phi) is 4.05. The molecule has 0 bridgehead atoms. The van der Waals surface area contributed by atoms with Crippen molar-refractivity contribution >= 4 is 10.0 Å². The minimum Gasteiger partial charge on any atom is -0.296 e. The Balaban J connectivity index is 1.59. The highest BCUT2D eigenvalue weighted by molar-refractivity contribution is 7.90. The van der Waals surface area contributed by atoms with Crippen LogP contribution in [-0.4, -0.2) is 54.0 Å². The molecule has 110 valence electrons. The van der Waals surface area contributed by atoms with E-state index in [1.54, 1.807) is 10.5 Å². The smallest absolute Gasteiger partial charge is 0.217 e. The van der Waals surface area contributed by atoms with Crippen LogP contribution in [0.4, 0.5) is 0 Å². The first-order valence-electron chi connectivity index (χ1n) is 7.27. The Hall–Kier alpha value is -0.980. The molecule has 3 rings (SSSR count). The van der Waals surface area contributed by atoms with Crippen LogP contribution < -0.4 is 0 Å². The van der Waals surface area contributed by atoms with Crippen molar-refractivity contribution in [1.82, 2.24) is 14.2 Å². The number of hydrogen-bond donors (Lipinski definition) is 0. The zero-order valence-corrected chi connectivity index (χ0v) is 12.4. The van der Waals surface area contributed by atoms with Gasteiger partial charge >= 0.3 is 0 Å². The maximum Gasteiger partial charge on any atom is 0.217 e. The maximum absolute atomic E-state index is 12.3. The van der Waals surface area contributed by atoms with Gasteiger partial charge in [-0.15, -0.1) is 0 Å². The minimum atomic E-state index is -3.02. The van der Waals surface area contributed by atoms with Gasteiger partial charge in [0.1, 0.15) is 0 Å². The first kappa shape index (κ1) is 14.0. The van der Waals surface area contributed by atoms with E-state index in [-0.39, 0.29) is 5.25 Å². The van der Waals surface area contributed by atoms with E-state index < -0.39 is 10.0 Å². The van der Waals surface area contributed by atoms with Crippen LogP contribution in [0.15, 0.2) is 24.4 Å². The van der Waals surface area contributed by atoms with Gasteiger partial charge in [-0.3, -0.25) is 9.88 Å². The van der Waals surface area contributed by atoms with Gasteiger partial charge in [0.25, 0.3) is 0 Å². The average Bonchev–Trinajstić information content (AvgIpc) is 3.27. The lowest BCUT2D eigenvalue weighted by atomic mass is 10.3. The van der Waals surface area contributed by atoms with E-state index >= 15 is 0 Å². The predicted octanol–water partition coefficient (Wildman–Crippen LogP) is 1.08. The number of aromatic nitrogens is 1. The molecular formula is C14H21N3O2S. The highest BCUT2D eigenvalue weighted by Crippen LogP contribution is 2.31. The molecule has 2 fully saturated rings. The van der Waals surface area contributed by atoms with E-state index in [4.69, 9.17) is 0 Å². The molecule has 0 radical (unpaired) electrons. The van der Waals surface area contributed by atoms with Crippen LogP contribution in [0.5, 0.6) is 0 Å². The van der Waals surface area contributed by atoms with E-state index in [1.807, 2.05) is 18.2 Å². The molecule has 0 spiro atoms. The fourth-order valence-electron chi connectivity index (χ4n) is 2.66. The number of hydrogen-bond acceptors (Lipinski definition) is 4. The van der Waals surface area contributed by atoms with Crippen LogP contribution in [0.25, 0.3) is 0 Å². The first-order chi connectivity index (χ1) is 9.66. The summed E-state index contributed by atoms with van der Waals surface area (Å²) >= 11 is 0. The summed E-state index contributed by atoms with van der Waals surface area (Å²) in [5.41, 5.74) is 1.05. The Labute approximate surface area is 120 Å². The van der Waals surface area contributed by atoms with Crippen molar-refractivity contribution in [2.24, 2.45) is 0 Å². The number of nitrogens with zero attached hydrogens (tertiary/aromatic N) is 3. The molecule has 6 heteroatoms. The van der Waals surface area contributed by atoms with Crippen LogP contribution in [0.1, 0.15) is 25.0 Å². The van der Waals surface area contributed by atoms with Gasteiger partial charge in [0.05, 0.1) is 10.9 Å². The second kappa shape index (κ2) is 5.79. The Bertz CT molecular complexity index is 543. The number of rotatable bonds is 4. The number of sulfonamides is 1. The molecule has 2 aliphatic rings. The van der Waals surface area contributed by atoms with Crippen molar-refractivity contribution in [3.05, 3.63) is 30.1 Å². The van der Waals surface area contributed by atoms with Gasteiger partial charge in [-0.25, -0.2) is 12.7 Å². The quantitative estimate of drug-likeness (QED) is 0.834. The molecule has 1 aliphatic heterocycles. The molecule has 0 amide bonds. The lowest BCUT2D eigenvalue weighted by Crippen LogP contribution is -2.37. The van der Waals surface area contributed by atoms with Crippen molar-refractivity contribution in [3.63, 3.8) is 0 Å². The lowest BCUT2D eigenvalue weighted by molar-refractivity contribution is 0.275. The summed E-state index contributed by atoms with van der Waals surface area (Å²) in [4.78, 5) is 6.63.